The van der Waals surface area contributed by atoms with E-state index >= 15 is 0 Å². The molecule has 2 saturated heterocycles. The number of oxazole rings is 1. The third-order valence-corrected chi connectivity index (χ3v) is 5.45. The Morgan fingerprint density at radius 1 is 1.28 bits per heavy atom. The van der Waals surface area contributed by atoms with Gasteiger partial charge in [-0.3, -0.25) is 4.79 Å². The van der Waals surface area contributed by atoms with Gasteiger partial charge in [0.05, 0.1) is 11.2 Å². The van der Waals surface area contributed by atoms with Crippen molar-refractivity contribution in [3.63, 3.8) is 0 Å². The highest BCUT2D eigenvalue weighted by molar-refractivity contribution is 6.33. The van der Waals surface area contributed by atoms with Crippen molar-refractivity contribution in [1.82, 2.24) is 15.2 Å². The molecule has 1 aromatic carbocycles. The average Bonchev–Trinajstić information content (AvgIpc) is 3.19. The van der Waals surface area contributed by atoms with Crippen LogP contribution in [0.3, 0.4) is 0 Å². The molecule has 2 aromatic rings. The van der Waals surface area contributed by atoms with Gasteiger partial charge in [-0.2, -0.15) is 0 Å². The molecule has 0 spiro atoms. The number of likely N-dealkylation sites (tertiary alicyclic amines) is 1. The van der Waals surface area contributed by atoms with Gasteiger partial charge in [0, 0.05) is 43.6 Å². The fraction of sp³-hybridized carbons (Fsp3) is 0.474. The summed E-state index contributed by atoms with van der Waals surface area (Å²) < 4.78 is 5.78. The summed E-state index contributed by atoms with van der Waals surface area (Å²) in [5, 5.41) is 4.23. The number of hydrogen-bond donors (Lipinski definition) is 1. The van der Waals surface area contributed by atoms with Crippen molar-refractivity contribution in [3.05, 3.63) is 41.4 Å². The number of aromatic nitrogens is 1. The third kappa shape index (κ3) is 3.72. The van der Waals surface area contributed by atoms with Crippen molar-refractivity contribution in [2.75, 3.05) is 13.1 Å². The smallest absolute Gasteiger partial charge is 0.223 e. The minimum absolute atomic E-state index is 0.187. The molecule has 2 atom stereocenters. The van der Waals surface area contributed by atoms with Crippen LogP contribution in [0.4, 0.5) is 0 Å². The molecule has 0 aliphatic carbocycles. The van der Waals surface area contributed by atoms with Gasteiger partial charge in [0.25, 0.3) is 0 Å². The normalized spacial score (nSPS) is 22.8. The summed E-state index contributed by atoms with van der Waals surface area (Å²) in [7, 11) is 0. The summed E-state index contributed by atoms with van der Waals surface area (Å²) in [6.07, 6.45) is 6.10. The molecule has 4 rings (SSSR count). The van der Waals surface area contributed by atoms with Gasteiger partial charge in [0.1, 0.15) is 0 Å². The lowest BCUT2D eigenvalue weighted by Gasteiger charge is -2.24. The zero-order valence-corrected chi connectivity index (χ0v) is 14.8. The molecule has 2 bridgehead atoms. The van der Waals surface area contributed by atoms with E-state index in [9.17, 15) is 4.79 Å². The Labute approximate surface area is 152 Å². The molecule has 25 heavy (non-hydrogen) atoms. The number of benzene rings is 1. The Morgan fingerprint density at radius 2 is 2.12 bits per heavy atom. The number of nitrogens with zero attached hydrogens (tertiary/aromatic N) is 2. The highest BCUT2D eigenvalue weighted by atomic mass is 35.5. The molecule has 0 radical (unpaired) electrons. The van der Waals surface area contributed by atoms with Crippen LogP contribution in [0, 0.1) is 0 Å². The summed E-state index contributed by atoms with van der Waals surface area (Å²) >= 11 is 6.19. The average molecular weight is 360 g/mol. The number of amides is 1. The van der Waals surface area contributed by atoms with E-state index in [0.717, 1.165) is 25.1 Å². The summed E-state index contributed by atoms with van der Waals surface area (Å²) in [5.41, 5.74) is 0.823. The molecule has 1 amide bonds. The molecular formula is C19H22ClN3O2. The molecule has 132 valence electrons. The van der Waals surface area contributed by atoms with E-state index in [1.807, 2.05) is 29.2 Å². The van der Waals surface area contributed by atoms with Crippen LogP contribution >= 0.6 is 11.6 Å². The summed E-state index contributed by atoms with van der Waals surface area (Å²) in [4.78, 5) is 18.8. The molecular weight excluding hydrogens is 338 g/mol. The lowest BCUT2D eigenvalue weighted by molar-refractivity contribution is -0.131. The molecule has 2 fully saturated rings. The monoisotopic (exact) mass is 359 g/mol. The summed E-state index contributed by atoms with van der Waals surface area (Å²) in [6, 6.07) is 8.57. The second-order valence-electron chi connectivity index (χ2n) is 6.86. The maximum atomic E-state index is 12.5. The number of halogens is 1. The summed E-state index contributed by atoms with van der Waals surface area (Å²) in [5.74, 6) is 1.41. The van der Waals surface area contributed by atoms with Crippen LogP contribution in [0.5, 0.6) is 0 Å². The second-order valence-corrected chi connectivity index (χ2v) is 7.27. The highest BCUT2D eigenvalue weighted by Gasteiger charge is 2.30. The van der Waals surface area contributed by atoms with E-state index in [1.165, 1.54) is 12.8 Å². The largest absolute Gasteiger partial charge is 0.441 e. The van der Waals surface area contributed by atoms with E-state index in [0.29, 0.717) is 41.6 Å². The molecule has 1 aromatic heterocycles. The molecule has 2 aliphatic heterocycles. The maximum Gasteiger partial charge on any atom is 0.223 e. The van der Waals surface area contributed by atoms with Gasteiger partial charge in [-0.25, -0.2) is 4.98 Å². The van der Waals surface area contributed by atoms with Crippen molar-refractivity contribution in [1.29, 1.82) is 0 Å². The standard InChI is InChI=1S/C19H22ClN3O2/c20-16-4-2-1-3-15(16)17-11-21-18(25-17)7-8-19(24)23-10-9-13-5-6-14(12-23)22-13/h1-4,11,13-14,22H,5-10,12H2. The Morgan fingerprint density at radius 3 is 3.00 bits per heavy atom. The van der Waals surface area contributed by atoms with Crippen molar-refractivity contribution in [2.45, 2.75) is 44.2 Å². The fourth-order valence-corrected chi connectivity index (χ4v) is 3.98. The van der Waals surface area contributed by atoms with Crippen molar-refractivity contribution < 1.29 is 9.21 Å². The first kappa shape index (κ1) is 16.6. The van der Waals surface area contributed by atoms with Crippen LogP contribution in [-0.2, 0) is 11.2 Å². The van der Waals surface area contributed by atoms with Crippen LogP contribution < -0.4 is 5.32 Å². The Bertz CT molecular complexity index is 761. The molecule has 1 N–H and O–H groups in total. The molecule has 0 saturated carbocycles. The SMILES string of the molecule is O=C(CCc1ncc(-c2ccccc2Cl)o1)N1CCC2CCC(C1)N2. The predicted molar refractivity (Wildman–Crippen MR) is 96.4 cm³/mol. The lowest BCUT2D eigenvalue weighted by atomic mass is 10.1. The minimum Gasteiger partial charge on any atom is -0.441 e. The summed E-state index contributed by atoms with van der Waals surface area (Å²) in [6.45, 7) is 1.68. The van der Waals surface area contributed by atoms with E-state index in [2.05, 4.69) is 10.3 Å². The number of hydrogen-bond acceptors (Lipinski definition) is 4. The first-order valence-corrected chi connectivity index (χ1v) is 9.30. The molecule has 2 unspecified atom stereocenters. The van der Waals surface area contributed by atoms with Crippen LogP contribution in [0.2, 0.25) is 5.02 Å². The van der Waals surface area contributed by atoms with Crippen LogP contribution in [0.1, 0.15) is 31.6 Å². The number of rotatable bonds is 4. The zero-order chi connectivity index (χ0) is 17.2. The molecule has 5 nitrogen and oxygen atoms in total. The van der Waals surface area contributed by atoms with Crippen molar-refractivity contribution in [3.8, 4) is 11.3 Å². The second kappa shape index (κ2) is 7.18. The van der Waals surface area contributed by atoms with Crippen LogP contribution in [-0.4, -0.2) is 41.0 Å². The molecule has 3 heterocycles. The van der Waals surface area contributed by atoms with Gasteiger partial charge >= 0.3 is 0 Å². The van der Waals surface area contributed by atoms with E-state index in [1.54, 1.807) is 6.20 Å². The predicted octanol–water partition coefficient (Wildman–Crippen LogP) is 3.28. The number of carbonyl (C=O) groups excluding carboxylic acids is 1. The van der Waals surface area contributed by atoms with Crippen LogP contribution in [0.25, 0.3) is 11.3 Å². The number of nitrogens with one attached hydrogen (secondary N) is 1. The molecule has 6 heteroatoms. The zero-order valence-electron chi connectivity index (χ0n) is 14.1. The van der Waals surface area contributed by atoms with E-state index in [-0.39, 0.29) is 5.91 Å². The Kier molecular flexibility index (Phi) is 4.77. The topological polar surface area (TPSA) is 58.4 Å². The van der Waals surface area contributed by atoms with E-state index < -0.39 is 0 Å². The maximum absolute atomic E-state index is 12.5. The Hall–Kier alpha value is -1.85. The molecule has 2 aliphatic rings. The third-order valence-electron chi connectivity index (χ3n) is 5.12. The quantitative estimate of drug-likeness (QED) is 0.910. The van der Waals surface area contributed by atoms with E-state index in [4.69, 9.17) is 16.0 Å². The van der Waals surface area contributed by atoms with Gasteiger partial charge < -0.3 is 14.6 Å². The number of fused-ring (bicyclic) bond motifs is 2. The number of aryl methyl sites for hydroxylation is 1. The first-order chi connectivity index (χ1) is 12.2. The number of carbonyl (C=O) groups is 1. The minimum atomic E-state index is 0.187. The highest BCUT2D eigenvalue weighted by Crippen LogP contribution is 2.28. The van der Waals surface area contributed by atoms with Gasteiger partial charge in [-0.05, 0) is 31.4 Å². The van der Waals surface area contributed by atoms with Gasteiger partial charge in [-0.15, -0.1) is 0 Å². The van der Waals surface area contributed by atoms with Crippen molar-refractivity contribution >= 4 is 17.5 Å². The van der Waals surface area contributed by atoms with Gasteiger partial charge in [-0.1, -0.05) is 23.7 Å². The van der Waals surface area contributed by atoms with Gasteiger partial charge in [0.2, 0.25) is 5.91 Å². The van der Waals surface area contributed by atoms with Crippen molar-refractivity contribution in [2.24, 2.45) is 0 Å². The first-order valence-electron chi connectivity index (χ1n) is 8.92. The Balaban J connectivity index is 1.35. The lowest BCUT2D eigenvalue weighted by Crippen LogP contribution is -2.39. The van der Waals surface area contributed by atoms with Crippen LogP contribution in [0.15, 0.2) is 34.9 Å². The van der Waals surface area contributed by atoms with Gasteiger partial charge in [0.15, 0.2) is 11.7 Å². The fourth-order valence-electron chi connectivity index (χ4n) is 3.75.